The van der Waals surface area contributed by atoms with Gasteiger partial charge in [0.2, 0.25) is 0 Å². The second-order valence-electron chi connectivity index (χ2n) is 3.24. The molecule has 0 atom stereocenters. The molecule has 16 heavy (non-hydrogen) atoms. The highest BCUT2D eigenvalue weighted by molar-refractivity contribution is 7.17. The fourth-order valence-electron chi connectivity index (χ4n) is 1.42. The third kappa shape index (κ3) is 2.30. The summed E-state index contributed by atoms with van der Waals surface area (Å²) in [6.45, 7) is 0.536. The van der Waals surface area contributed by atoms with Crippen LogP contribution in [0.2, 0.25) is 0 Å². The lowest BCUT2D eigenvalue weighted by Crippen LogP contribution is -2.10. The fourth-order valence-corrected chi connectivity index (χ4v) is 2.20. The molecule has 0 radical (unpaired) electrons. The molecule has 0 aromatic carbocycles. The van der Waals surface area contributed by atoms with E-state index in [1.807, 2.05) is 17.5 Å². The van der Waals surface area contributed by atoms with E-state index in [9.17, 15) is 4.79 Å². The van der Waals surface area contributed by atoms with E-state index in [0.717, 1.165) is 11.2 Å². The molecule has 0 fully saturated rings. The van der Waals surface area contributed by atoms with Crippen molar-refractivity contribution >= 4 is 33.2 Å². The maximum absolute atomic E-state index is 10.9. The molecule has 5 heteroatoms. The Morgan fingerprint density at radius 1 is 1.56 bits per heavy atom. The number of carbonyl (C=O) groups is 1. The molecule has 1 N–H and O–H groups in total. The van der Waals surface area contributed by atoms with Gasteiger partial charge in [-0.3, -0.25) is 4.79 Å². The molecule has 0 amide bonds. The predicted octanol–water partition coefficient (Wildman–Crippen LogP) is 2.27. The quantitative estimate of drug-likeness (QED) is 0.827. The van der Waals surface area contributed by atoms with Crippen LogP contribution in [0.1, 0.15) is 6.42 Å². The molecule has 2 rings (SSSR count). The van der Waals surface area contributed by atoms with Crippen molar-refractivity contribution < 1.29 is 9.53 Å². The standard InChI is InChI=1S/C11H12N2O2S/c1-15-10(14)3-6-13-11-8-4-7-16-9(8)2-5-12-11/h2,4-5,7H,3,6H2,1H3,(H,12,13). The summed E-state index contributed by atoms with van der Waals surface area (Å²) in [5.41, 5.74) is 0. The topological polar surface area (TPSA) is 51.2 Å². The Morgan fingerprint density at radius 3 is 3.25 bits per heavy atom. The first-order valence-corrected chi connectivity index (χ1v) is 5.82. The van der Waals surface area contributed by atoms with Gasteiger partial charge < -0.3 is 10.1 Å². The van der Waals surface area contributed by atoms with E-state index in [-0.39, 0.29) is 5.97 Å². The highest BCUT2D eigenvalue weighted by Gasteiger charge is 2.04. The van der Waals surface area contributed by atoms with Gasteiger partial charge in [-0.1, -0.05) is 0 Å². The van der Waals surface area contributed by atoms with Gasteiger partial charge in [0.25, 0.3) is 0 Å². The number of methoxy groups -OCH3 is 1. The van der Waals surface area contributed by atoms with Crippen molar-refractivity contribution in [2.24, 2.45) is 0 Å². The Hall–Kier alpha value is -1.62. The molecule has 0 unspecified atom stereocenters. The van der Waals surface area contributed by atoms with E-state index < -0.39 is 0 Å². The highest BCUT2D eigenvalue weighted by Crippen LogP contribution is 2.25. The molecular formula is C11H12N2O2S. The predicted molar refractivity (Wildman–Crippen MR) is 64.7 cm³/mol. The van der Waals surface area contributed by atoms with Crippen molar-refractivity contribution in [3.8, 4) is 0 Å². The smallest absolute Gasteiger partial charge is 0.307 e. The molecule has 0 aliphatic rings. The van der Waals surface area contributed by atoms with E-state index in [0.29, 0.717) is 13.0 Å². The van der Waals surface area contributed by atoms with Gasteiger partial charge in [-0.15, -0.1) is 11.3 Å². The number of fused-ring (bicyclic) bond motifs is 1. The highest BCUT2D eigenvalue weighted by atomic mass is 32.1. The third-order valence-electron chi connectivity index (χ3n) is 2.23. The number of esters is 1. The Labute approximate surface area is 97.3 Å². The number of thiophene rings is 1. The van der Waals surface area contributed by atoms with E-state index >= 15 is 0 Å². The van der Waals surface area contributed by atoms with Crippen LogP contribution in [-0.2, 0) is 9.53 Å². The largest absolute Gasteiger partial charge is 0.469 e. The lowest BCUT2D eigenvalue weighted by atomic mass is 10.3. The number of nitrogens with zero attached hydrogens (tertiary/aromatic N) is 1. The second kappa shape index (κ2) is 4.94. The Kier molecular flexibility index (Phi) is 3.36. The average molecular weight is 236 g/mol. The first kappa shape index (κ1) is 10.9. The van der Waals surface area contributed by atoms with Gasteiger partial charge in [-0.2, -0.15) is 0 Å². The zero-order valence-corrected chi connectivity index (χ0v) is 9.71. The average Bonchev–Trinajstić information content (AvgIpc) is 2.77. The first-order chi connectivity index (χ1) is 7.81. The van der Waals surface area contributed by atoms with Crippen LogP contribution in [0.5, 0.6) is 0 Å². The van der Waals surface area contributed by atoms with E-state index in [1.54, 1.807) is 17.5 Å². The number of ether oxygens (including phenoxy) is 1. The van der Waals surface area contributed by atoms with Crippen LogP contribution in [0.4, 0.5) is 5.82 Å². The zero-order chi connectivity index (χ0) is 11.4. The molecule has 0 aliphatic heterocycles. The minimum atomic E-state index is -0.218. The van der Waals surface area contributed by atoms with Gasteiger partial charge in [0.05, 0.1) is 13.5 Å². The summed E-state index contributed by atoms with van der Waals surface area (Å²) in [5.74, 6) is 0.604. The molecule has 0 saturated heterocycles. The fraction of sp³-hybridized carbons (Fsp3) is 0.273. The normalized spacial score (nSPS) is 10.3. The van der Waals surface area contributed by atoms with Crippen LogP contribution >= 0.6 is 11.3 Å². The van der Waals surface area contributed by atoms with Crippen molar-refractivity contribution in [1.29, 1.82) is 0 Å². The molecule has 0 spiro atoms. The van der Waals surface area contributed by atoms with Crippen molar-refractivity contribution in [3.05, 3.63) is 23.7 Å². The molecular weight excluding hydrogens is 224 g/mol. The maximum Gasteiger partial charge on any atom is 0.307 e. The first-order valence-electron chi connectivity index (χ1n) is 4.94. The number of aromatic nitrogens is 1. The van der Waals surface area contributed by atoms with Crippen molar-refractivity contribution in [2.75, 3.05) is 19.0 Å². The van der Waals surface area contributed by atoms with Crippen LogP contribution in [0.3, 0.4) is 0 Å². The van der Waals surface area contributed by atoms with Gasteiger partial charge in [0.1, 0.15) is 5.82 Å². The van der Waals surface area contributed by atoms with Crippen molar-refractivity contribution in [1.82, 2.24) is 4.98 Å². The number of anilines is 1. The molecule has 2 heterocycles. The molecule has 0 bridgehead atoms. The molecule has 84 valence electrons. The van der Waals surface area contributed by atoms with Crippen LogP contribution < -0.4 is 5.32 Å². The number of pyridine rings is 1. The van der Waals surface area contributed by atoms with Gasteiger partial charge in [-0.25, -0.2) is 4.98 Å². The minimum absolute atomic E-state index is 0.218. The molecule has 2 aromatic rings. The Balaban J connectivity index is 2.04. The van der Waals surface area contributed by atoms with Crippen LogP contribution in [0.25, 0.3) is 10.1 Å². The lowest BCUT2D eigenvalue weighted by Gasteiger charge is -2.05. The summed E-state index contributed by atoms with van der Waals surface area (Å²) in [6, 6.07) is 4.00. The number of hydrogen-bond donors (Lipinski definition) is 1. The van der Waals surface area contributed by atoms with E-state index in [2.05, 4.69) is 15.0 Å². The van der Waals surface area contributed by atoms with Crippen molar-refractivity contribution in [2.45, 2.75) is 6.42 Å². The second-order valence-corrected chi connectivity index (χ2v) is 4.19. The van der Waals surface area contributed by atoms with Gasteiger partial charge >= 0.3 is 5.97 Å². The summed E-state index contributed by atoms with van der Waals surface area (Å²) in [6.07, 6.45) is 2.11. The van der Waals surface area contributed by atoms with Crippen LogP contribution in [0.15, 0.2) is 23.7 Å². The SMILES string of the molecule is COC(=O)CCNc1nccc2sccc12. The van der Waals surface area contributed by atoms with Gasteiger partial charge in [0.15, 0.2) is 0 Å². The molecule has 0 aliphatic carbocycles. The molecule has 4 nitrogen and oxygen atoms in total. The zero-order valence-electron chi connectivity index (χ0n) is 8.90. The molecule has 2 aromatic heterocycles. The summed E-state index contributed by atoms with van der Waals surface area (Å²) in [5, 5.41) is 6.25. The minimum Gasteiger partial charge on any atom is -0.469 e. The maximum atomic E-state index is 10.9. The number of nitrogens with one attached hydrogen (secondary N) is 1. The lowest BCUT2D eigenvalue weighted by molar-refractivity contribution is -0.140. The third-order valence-corrected chi connectivity index (χ3v) is 3.11. The Morgan fingerprint density at radius 2 is 2.44 bits per heavy atom. The summed E-state index contributed by atoms with van der Waals surface area (Å²) < 4.78 is 5.75. The Bertz CT molecular complexity index is 495. The molecule has 0 saturated carbocycles. The van der Waals surface area contributed by atoms with Crippen LogP contribution in [-0.4, -0.2) is 24.6 Å². The monoisotopic (exact) mass is 236 g/mol. The summed E-state index contributed by atoms with van der Waals surface area (Å²) in [4.78, 5) is 15.2. The summed E-state index contributed by atoms with van der Waals surface area (Å²) >= 11 is 1.67. The van der Waals surface area contributed by atoms with E-state index in [1.165, 1.54) is 11.8 Å². The number of carbonyl (C=O) groups excluding carboxylic acids is 1. The number of hydrogen-bond acceptors (Lipinski definition) is 5. The van der Waals surface area contributed by atoms with Crippen LogP contribution in [0, 0.1) is 0 Å². The number of rotatable bonds is 4. The van der Waals surface area contributed by atoms with Gasteiger partial charge in [0, 0.05) is 22.8 Å². The summed E-state index contributed by atoms with van der Waals surface area (Å²) in [7, 11) is 1.39. The van der Waals surface area contributed by atoms with Crippen molar-refractivity contribution in [3.63, 3.8) is 0 Å². The van der Waals surface area contributed by atoms with E-state index in [4.69, 9.17) is 0 Å². The van der Waals surface area contributed by atoms with Gasteiger partial charge in [-0.05, 0) is 17.5 Å².